The Bertz CT molecular complexity index is 1190. The molecule has 0 saturated carbocycles. The maximum absolute atomic E-state index is 12.4. The molecule has 8 nitrogen and oxygen atoms in total. The number of nitrogens with one attached hydrogen (secondary N) is 1. The third-order valence-electron chi connectivity index (χ3n) is 4.82. The molecule has 3 rings (SSSR count). The Morgan fingerprint density at radius 3 is 2.35 bits per heavy atom. The van der Waals surface area contributed by atoms with E-state index in [0.29, 0.717) is 28.4 Å². The largest absolute Gasteiger partial charge is 0.497 e. The summed E-state index contributed by atoms with van der Waals surface area (Å²) in [6, 6.07) is 17.3. The molecule has 0 aliphatic heterocycles. The fraction of sp³-hybridized carbons (Fsp3) is 0.192. The van der Waals surface area contributed by atoms with E-state index >= 15 is 0 Å². The predicted molar refractivity (Wildman–Crippen MR) is 128 cm³/mol. The number of esters is 1. The lowest BCUT2D eigenvalue weighted by molar-refractivity contribution is -0.123. The summed E-state index contributed by atoms with van der Waals surface area (Å²) in [6.45, 7) is 3.71. The van der Waals surface area contributed by atoms with Gasteiger partial charge in [-0.05, 0) is 79.1 Å². The Labute approximate surface area is 198 Å². The normalized spacial score (nSPS) is 10.6. The van der Waals surface area contributed by atoms with Crippen LogP contribution in [0.1, 0.15) is 27.0 Å². The average molecular weight is 463 g/mol. The number of nitrogens with zero attached hydrogens (tertiary/aromatic N) is 1. The lowest BCUT2D eigenvalue weighted by atomic mass is 10.1. The van der Waals surface area contributed by atoms with Crippen LogP contribution in [0.4, 0.5) is 0 Å². The first-order valence-corrected chi connectivity index (χ1v) is 10.5. The van der Waals surface area contributed by atoms with Crippen LogP contribution in [0.3, 0.4) is 0 Å². The molecule has 3 aromatic rings. The molecular weight excluding hydrogens is 436 g/mol. The van der Waals surface area contributed by atoms with E-state index in [-0.39, 0.29) is 12.4 Å². The molecule has 1 N–H and O–H groups in total. The number of aryl methyl sites for hydroxylation is 2. The molecule has 176 valence electrons. The quantitative estimate of drug-likeness (QED) is 0.223. The summed E-state index contributed by atoms with van der Waals surface area (Å²) in [5.41, 5.74) is 5.42. The van der Waals surface area contributed by atoms with Crippen LogP contribution in [-0.2, 0) is 4.79 Å². The molecule has 0 saturated heterocycles. The molecule has 0 aliphatic rings. The first-order chi connectivity index (χ1) is 16.4. The molecule has 0 radical (unpaired) electrons. The molecule has 0 atom stereocenters. The van der Waals surface area contributed by atoms with Crippen molar-refractivity contribution in [2.45, 2.75) is 13.8 Å². The predicted octanol–water partition coefficient (Wildman–Crippen LogP) is 4.07. The third-order valence-corrected chi connectivity index (χ3v) is 4.82. The highest BCUT2D eigenvalue weighted by Crippen LogP contribution is 2.28. The van der Waals surface area contributed by atoms with Gasteiger partial charge in [0.2, 0.25) is 0 Å². The van der Waals surface area contributed by atoms with Gasteiger partial charge in [0.1, 0.15) is 11.5 Å². The number of hydrogen-bond acceptors (Lipinski definition) is 7. The van der Waals surface area contributed by atoms with Gasteiger partial charge in [-0.1, -0.05) is 12.1 Å². The van der Waals surface area contributed by atoms with Gasteiger partial charge in [-0.3, -0.25) is 4.79 Å². The summed E-state index contributed by atoms with van der Waals surface area (Å²) in [5, 5.41) is 3.94. The molecule has 0 unspecified atom stereocenters. The molecule has 0 fully saturated rings. The molecule has 34 heavy (non-hydrogen) atoms. The van der Waals surface area contributed by atoms with E-state index in [0.717, 1.165) is 11.1 Å². The Morgan fingerprint density at radius 1 is 0.882 bits per heavy atom. The SMILES string of the molecule is COc1ccc(C(=O)Oc2ccc(/C=N/NC(=O)COc3cc(C)ccc3C)cc2OC)cc1. The van der Waals surface area contributed by atoms with Crippen molar-refractivity contribution in [2.75, 3.05) is 20.8 Å². The number of carbonyl (C=O) groups is 2. The first-order valence-electron chi connectivity index (χ1n) is 10.5. The van der Waals surface area contributed by atoms with Gasteiger partial charge in [0.15, 0.2) is 18.1 Å². The lowest BCUT2D eigenvalue weighted by Gasteiger charge is -2.10. The van der Waals surface area contributed by atoms with Crippen LogP contribution in [0.15, 0.2) is 65.8 Å². The summed E-state index contributed by atoms with van der Waals surface area (Å²) in [6.07, 6.45) is 1.45. The monoisotopic (exact) mass is 462 g/mol. The molecule has 0 bridgehead atoms. The zero-order chi connectivity index (χ0) is 24.5. The van der Waals surface area contributed by atoms with Crippen molar-refractivity contribution in [1.82, 2.24) is 5.43 Å². The fourth-order valence-electron chi connectivity index (χ4n) is 2.95. The minimum absolute atomic E-state index is 0.162. The van der Waals surface area contributed by atoms with E-state index < -0.39 is 11.9 Å². The van der Waals surface area contributed by atoms with Gasteiger partial charge in [0.25, 0.3) is 5.91 Å². The van der Waals surface area contributed by atoms with Crippen LogP contribution in [0, 0.1) is 13.8 Å². The Morgan fingerprint density at radius 2 is 1.65 bits per heavy atom. The van der Waals surface area contributed by atoms with Crippen molar-refractivity contribution in [2.24, 2.45) is 5.10 Å². The van der Waals surface area contributed by atoms with Gasteiger partial charge in [-0.25, -0.2) is 10.2 Å². The Hall–Kier alpha value is -4.33. The molecule has 0 aliphatic carbocycles. The van der Waals surface area contributed by atoms with E-state index in [9.17, 15) is 9.59 Å². The van der Waals surface area contributed by atoms with E-state index in [1.54, 1.807) is 49.6 Å². The van der Waals surface area contributed by atoms with E-state index in [1.165, 1.54) is 13.3 Å². The Kier molecular flexibility index (Phi) is 8.23. The molecule has 8 heteroatoms. The van der Waals surface area contributed by atoms with Crippen LogP contribution in [-0.4, -0.2) is 38.9 Å². The highest BCUT2D eigenvalue weighted by molar-refractivity contribution is 5.92. The van der Waals surface area contributed by atoms with E-state index in [4.69, 9.17) is 18.9 Å². The number of rotatable bonds is 9. The Balaban J connectivity index is 1.57. The van der Waals surface area contributed by atoms with Crippen molar-refractivity contribution in [3.05, 3.63) is 82.9 Å². The molecular formula is C26H26N2O6. The topological polar surface area (TPSA) is 95.5 Å². The minimum atomic E-state index is -0.529. The van der Waals surface area contributed by atoms with Crippen molar-refractivity contribution in [1.29, 1.82) is 0 Å². The zero-order valence-electron chi connectivity index (χ0n) is 19.5. The van der Waals surface area contributed by atoms with Crippen LogP contribution < -0.4 is 24.4 Å². The smallest absolute Gasteiger partial charge is 0.343 e. The molecule has 0 spiro atoms. The van der Waals surface area contributed by atoms with Crippen LogP contribution in [0.2, 0.25) is 0 Å². The average Bonchev–Trinajstić information content (AvgIpc) is 2.85. The number of hydrogen-bond donors (Lipinski definition) is 1. The fourth-order valence-corrected chi connectivity index (χ4v) is 2.95. The second-order valence-electron chi connectivity index (χ2n) is 7.38. The molecule has 3 aromatic carbocycles. The summed E-state index contributed by atoms with van der Waals surface area (Å²) >= 11 is 0. The highest BCUT2D eigenvalue weighted by Gasteiger charge is 2.13. The van der Waals surface area contributed by atoms with Crippen molar-refractivity contribution < 1.29 is 28.5 Å². The van der Waals surface area contributed by atoms with E-state index in [2.05, 4.69) is 10.5 Å². The van der Waals surface area contributed by atoms with Crippen molar-refractivity contribution in [3.63, 3.8) is 0 Å². The van der Waals surface area contributed by atoms with Crippen molar-refractivity contribution in [3.8, 4) is 23.0 Å². The van der Waals surface area contributed by atoms with Crippen LogP contribution >= 0.6 is 0 Å². The molecule has 1 amide bonds. The number of ether oxygens (including phenoxy) is 4. The third kappa shape index (κ3) is 6.59. The van der Waals surface area contributed by atoms with Gasteiger partial charge in [-0.15, -0.1) is 0 Å². The van der Waals surface area contributed by atoms with E-state index in [1.807, 2.05) is 32.0 Å². The van der Waals surface area contributed by atoms with Gasteiger partial charge in [0.05, 0.1) is 26.0 Å². The number of carbonyl (C=O) groups excluding carboxylic acids is 2. The minimum Gasteiger partial charge on any atom is -0.497 e. The number of benzene rings is 3. The maximum atomic E-state index is 12.4. The second-order valence-corrected chi connectivity index (χ2v) is 7.38. The maximum Gasteiger partial charge on any atom is 0.343 e. The first kappa shape index (κ1) is 24.3. The second kappa shape index (κ2) is 11.5. The highest BCUT2D eigenvalue weighted by atomic mass is 16.6. The van der Waals surface area contributed by atoms with Gasteiger partial charge in [0, 0.05) is 0 Å². The zero-order valence-corrected chi connectivity index (χ0v) is 19.5. The number of methoxy groups -OCH3 is 2. The van der Waals surface area contributed by atoms with Gasteiger partial charge in [-0.2, -0.15) is 5.10 Å². The molecule has 0 aromatic heterocycles. The summed E-state index contributed by atoms with van der Waals surface area (Å²) < 4.78 is 21.4. The standard InChI is InChI=1S/C26H26N2O6/c1-17-5-6-18(2)23(13-17)33-16-25(29)28-27-15-19-7-12-22(24(14-19)32-4)34-26(30)20-8-10-21(31-3)11-9-20/h5-15H,16H2,1-4H3,(H,28,29)/b27-15+. The number of amides is 1. The van der Waals surface area contributed by atoms with Crippen molar-refractivity contribution >= 4 is 18.1 Å². The van der Waals surface area contributed by atoms with Crippen LogP contribution in [0.5, 0.6) is 23.0 Å². The van der Waals surface area contributed by atoms with Gasteiger partial charge >= 0.3 is 5.97 Å². The summed E-state index contributed by atoms with van der Waals surface area (Å²) in [7, 11) is 3.02. The summed E-state index contributed by atoms with van der Waals surface area (Å²) in [4.78, 5) is 24.4. The van der Waals surface area contributed by atoms with Crippen LogP contribution in [0.25, 0.3) is 0 Å². The lowest BCUT2D eigenvalue weighted by Crippen LogP contribution is -2.24. The van der Waals surface area contributed by atoms with Gasteiger partial charge < -0.3 is 18.9 Å². The number of hydrazone groups is 1. The summed E-state index contributed by atoms with van der Waals surface area (Å²) in [5.74, 6) is 0.972. The molecule has 0 heterocycles.